The highest BCUT2D eigenvalue weighted by atomic mass is 35.5. The van der Waals surface area contributed by atoms with Crippen LogP contribution in [0, 0.1) is 0 Å². The number of nitrogens with one attached hydrogen (secondary N) is 2. The molecule has 4 nitrogen and oxygen atoms in total. The molecule has 1 aromatic heterocycles. The second-order valence-electron chi connectivity index (χ2n) is 4.07. The molecule has 0 radical (unpaired) electrons. The number of fused-ring (bicyclic) bond motifs is 1. The first kappa shape index (κ1) is 14.5. The van der Waals surface area contributed by atoms with Crippen LogP contribution < -0.4 is 10.9 Å². The number of phenols is 1. The summed E-state index contributed by atoms with van der Waals surface area (Å²) in [7, 11) is 1.90. The van der Waals surface area contributed by atoms with Crippen LogP contribution in [0.2, 0.25) is 0 Å². The fraction of sp³-hybridized carbons (Fsp3) is 0.308. The Balaban J connectivity index is 0.00000162. The molecule has 0 saturated heterocycles. The van der Waals surface area contributed by atoms with E-state index in [0.29, 0.717) is 10.8 Å². The molecule has 3 N–H and O–H groups in total. The smallest absolute Gasteiger partial charge is 0.256 e. The van der Waals surface area contributed by atoms with E-state index in [1.165, 1.54) is 0 Å². The molecule has 5 heteroatoms. The fourth-order valence-corrected chi connectivity index (χ4v) is 1.92. The van der Waals surface area contributed by atoms with Gasteiger partial charge in [0.1, 0.15) is 5.75 Å². The number of aromatic nitrogens is 1. The molecule has 2 aromatic rings. The first-order valence-electron chi connectivity index (χ1n) is 5.71. The average Bonchev–Trinajstić information content (AvgIpc) is 2.31. The zero-order valence-electron chi connectivity index (χ0n) is 10.2. The lowest BCUT2D eigenvalue weighted by Gasteiger charge is -2.05. The monoisotopic (exact) mass is 268 g/mol. The van der Waals surface area contributed by atoms with Gasteiger partial charge in [-0.3, -0.25) is 4.79 Å². The van der Waals surface area contributed by atoms with Gasteiger partial charge in [-0.05, 0) is 44.6 Å². The number of aromatic hydroxyl groups is 1. The van der Waals surface area contributed by atoms with Gasteiger partial charge in [-0.2, -0.15) is 0 Å². The van der Waals surface area contributed by atoms with Crippen LogP contribution in [0.25, 0.3) is 10.8 Å². The van der Waals surface area contributed by atoms with Crippen molar-refractivity contribution in [1.29, 1.82) is 0 Å². The van der Waals surface area contributed by atoms with E-state index in [9.17, 15) is 9.90 Å². The first-order chi connectivity index (χ1) is 8.22. The maximum absolute atomic E-state index is 11.8. The molecular weight excluding hydrogens is 252 g/mol. The highest BCUT2D eigenvalue weighted by Crippen LogP contribution is 2.22. The number of aromatic amines is 1. The second kappa shape index (κ2) is 6.42. The summed E-state index contributed by atoms with van der Waals surface area (Å²) >= 11 is 0. The molecule has 0 aliphatic carbocycles. The van der Waals surface area contributed by atoms with Crippen LogP contribution in [-0.2, 0) is 6.42 Å². The van der Waals surface area contributed by atoms with E-state index in [2.05, 4.69) is 10.3 Å². The molecule has 0 bridgehead atoms. The lowest BCUT2D eigenvalue weighted by molar-refractivity contribution is 0.481. The average molecular weight is 269 g/mol. The lowest BCUT2D eigenvalue weighted by Crippen LogP contribution is -2.12. The lowest BCUT2D eigenvalue weighted by atomic mass is 10.1. The van der Waals surface area contributed by atoms with Crippen molar-refractivity contribution in [3.8, 4) is 5.75 Å². The summed E-state index contributed by atoms with van der Waals surface area (Å²) in [5, 5.41) is 13.9. The van der Waals surface area contributed by atoms with E-state index in [0.717, 1.165) is 25.1 Å². The van der Waals surface area contributed by atoms with Gasteiger partial charge in [-0.25, -0.2) is 0 Å². The van der Waals surface area contributed by atoms with Gasteiger partial charge in [-0.1, -0.05) is 6.07 Å². The molecule has 0 atom stereocenters. The Kier molecular flexibility index (Phi) is 5.19. The van der Waals surface area contributed by atoms with Crippen molar-refractivity contribution in [2.24, 2.45) is 0 Å². The highest BCUT2D eigenvalue weighted by Gasteiger charge is 2.05. The number of rotatable bonds is 4. The summed E-state index contributed by atoms with van der Waals surface area (Å²) in [6.07, 6.45) is 1.74. The Bertz CT molecular complexity index is 581. The summed E-state index contributed by atoms with van der Waals surface area (Å²) in [4.78, 5) is 14.6. The number of phenolic OH excluding ortho intramolecular Hbond substituents is 1. The second-order valence-corrected chi connectivity index (χ2v) is 4.07. The minimum absolute atomic E-state index is 0. The fourth-order valence-electron chi connectivity index (χ4n) is 1.92. The summed E-state index contributed by atoms with van der Waals surface area (Å²) in [5.74, 6) is 0.156. The number of pyridine rings is 1. The summed E-state index contributed by atoms with van der Waals surface area (Å²) in [6.45, 7) is 0.904. The molecule has 0 unspecified atom stereocenters. The maximum Gasteiger partial charge on any atom is 0.256 e. The van der Waals surface area contributed by atoms with Gasteiger partial charge in [-0.15, -0.1) is 12.4 Å². The van der Waals surface area contributed by atoms with Crippen LogP contribution in [0.1, 0.15) is 12.1 Å². The van der Waals surface area contributed by atoms with Gasteiger partial charge >= 0.3 is 0 Å². The Morgan fingerprint density at radius 1 is 1.33 bits per heavy atom. The van der Waals surface area contributed by atoms with Crippen LogP contribution in [0.4, 0.5) is 0 Å². The third kappa shape index (κ3) is 3.03. The third-order valence-electron chi connectivity index (χ3n) is 2.79. The number of hydrogen-bond acceptors (Lipinski definition) is 3. The van der Waals surface area contributed by atoms with Crippen molar-refractivity contribution in [1.82, 2.24) is 10.3 Å². The van der Waals surface area contributed by atoms with Crippen LogP contribution >= 0.6 is 12.4 Å². The van der Waals surface area contributed by atoms with Crippen LogP contribution in [-0.4, -0.2) is 23.7 Å². The minimum atomic E-state index is -0.141. The normalized spacial score (nSPS) is 10.3. The molecule has 0 spiro atoms. The van der Waals surface area contributed by atoms with Gasteiger partial charge in [0.2, 0.25) is 0 Å². The van der Waals surface area contributed by atoms with Gasteiger partial charge in [0.25, 0.3) is 5.56 Å². The van der Waals surface area contributed by atoms with Gasteiger partial charge in [0.15, 0.2) is 0 Å². The molecule has 2 rings (SSSR count). The molecule has 0 aliphatic heterocycles. The topological polar surface area (TPSA) is 65.1 Å². The first-order valence-corrected chi connectivity index (χ1v) is 5.71. The number of hydrogen-bond donors (Lipinski definition) is 3. The number of benzene rings is 1. The van der Waals surface area contributed by atoms with E-state index in [1.54, 1.807) is 18.2 Å². The van der Waals surface area contributed by atoms with Crippen molar-refractivity contribution < 1.29 is 5.11 Å². The number of aryl methyl sites for hydroxylation is 1. The quantitative estimate of drug-likeness (QED) is 0.741. The van der Waals surface area contributed by atoms with Gasteiger partial charge in [0.05, 0.1) is 5.39 Å². The number of H-pyrrole nitrogens is 1. The molecule has 0 aliphatic rings. The van der Waals surface area contributed by atoms with E-state index < -0.39 is 0 Å². The Labute approximate surface area is 111 Å². The van der Waals surface area contributed by atoms with Crippen LogP contribution in [0.5, 0.6) is 5.75 Å². The molecule has 0 amide bonds. The van der Waals surface area contributed by atoms with Crippen molar-refractivity contribution in [2.45, 2.75) is 12.8 Å². The Morgan fingerprint density at radius 3 is 2.83 bits per heavy atom. The molecule has 98 valence electrons. The van der Waals surface area contributed by atoms with Crippen molar-refractivity contribution in [3.05, 3.63) is 40.3 Å². The molecule has 0 saturated carbocycles. The summed E-state index contributed by atoms with van der Waals surface area (Å²) in [6, 6.07) is 6.83. The molecule has 18 heavy (non-hydrogen) atoms. The third-order valence-corrected chi connectivity index (χ3v) is 2.79. The Hall–Kier alpha value is -1.52. The van der Waals surface area contributed by atoms with Crippen molar-refractivity contribution in [2.75, 3.05) is 13.6 Å². The largest absolute Gasteiger partial charge is 0.507 e. The Morgan fingerprint density at radius 2 is 2.11 bits per heavy atom. The summed E-state index contributed by atoms with van der Waals surface area (Å²) < 4.78 is 0. The van der Waals surface area contributed by atoms with E-state index in [4.69, 9.17) is 0 Å². The van der Waals surface area contributed by atoms with Crippen molar-refractivity contribution >= 4 is 23.2 Å². The van der Waals surface area contributed by atoms with Crippen LogP contribution in [0.15, 0.2) is 29.1 Å². The highest BCUT2D eigenvalue weighted by molar-refractivity contribution is 5.87. The SMILES string of the molecule is CNCCCc1cc2c(O)cccc2c(=O)[nH]1.Cl. The number of halogens is 1. The molecular formula is C13H17ClN2O2. The predicted molar refractivity (Wildman–Crippen MR) is 75.7 cm³/mol. The van der Waals surface area contributed by atoms with E-state index >= 15 is 0 Å². The van der Waals surface area contributed by atoms with Gasteiger partial charge < -0.3 is 15.4 Å². The minimum Gasteiger partial charge on any atom is -0.507 e. The van der Waals surface area contributed by atoms with Crippen LogP contribution in [0.3, 0.4) is 0 Å². The van der Waals surface area contributed by atoms with Crippen molar-refractivity contribution in [3.63, 3.8) is 0 Å². The molecule has 0 fully saturated rings. The van der Waals surface area contributed by atoms with E-state index in [-0.39, 0.29) is 23.7 Å². The zero-order valence-corrected chi connectivity index (χ0v) is 11.0. The van der Waals surface area contributed by atoms with Gasteiger partial charge in [0, 0.05) is 11.1 Å². The van der Waals surface area contributed by atoms with E-state index in [1.807, 2.05) is 13.1 Å². The predicted octanol–water partition coefficient (Wildman–Crippen LogP) is 1.81. The molecule has 1 heterocycles. The molecule has 1 aromatic carbocycles. The summed E-state index contributed by atoms with van der Waals surface area (Å²) in [5.41, 5.74) is 0.720. The maximum atomic E-state index is 11.8. The zero-order chi connectivity index (χ0) is 12.3. The standard InChI is InChI=1S/C13H16N2O2.ClH/c1-14-7-3-4-9-8-11-10(13(17)15-9)5-2-6-12(11)16;/h2,5-6,8,14,16H,3-4,7H2,1H3,(H,15,17);1H.